The van der Waals surface area contributed by atoms with Crippen molar-refractivity contribution in [1.29, 1.82) is 0 Å². The number of hydrogen-bond donors (Lipinski definition) is 3. The van der Waals surface area contributed by atoms with Gasteiger partial charge in [-0.1, -0.05) is 0 Å². The van der Waals surface area contributed by atoms with Crippen molar-refractivity contribution in [2.75, 3.05) is 26.7 Å². The van der Waals surface area contributed by atoms with Crippen LogP contribution in [-0.2, 0) is 0 Å². The topological polar surface area (TPSA) is 39.3 Å². The van der Waals surface area contributed by atoms with E-state index in [0.717, 1.165) is 25.9 Å². The van der Waals surface area contributed by atoms with Gasteiger partial charge in [0.2, 0.25) is 0 Å². The first kappa shape index (κ1) is 13.6. The molecule has 0 saturated carbocycles. The zero-order chi connectivity index (χ0) is 13.2. The van der Waals surface area contributed by atoms with Gasteiger partial charge in [0.15, 0.2) is 0 Å². The van der Waals surface area contributed by atoms with Gasteiger partial charge in [0.1, 0.15) is 6.29 Å². The highest BCUT2D eigenvalue weighted by molar-refractivity contribution is 5.13. The Labute approximate surface area is 105 Å². The summed E-state index contributed by atoms with van der Waals surface area (Å²) in [4.78, 5) is 1.54. The normalized spacial score (nSPS) is 30.2. The Morgan fingerprint density at radius 3 is 2.78 bits per heavy atom. The fourth-order valence-electron chi connectivity index (χ4n) is 2.28. The van der Waals surface area contributed by atoms with Crippen molar-refractivity contribution >= 4 is 0 Å². The molecule has 1 saturated heterocycles. The summed E-state index contributed by atoms with van der Waals surface area (Å²) in [5.41, 5.74) is -0.537. The highest BCUT2D eigenvalue weighted by Crippen LogP contribution is 2.27. The molecular weight excluding hydrogens is 245 g/mol. The van der Waals surface area contributed by atoms with Crippen molar-refractivity contribution in [3.63, 3.8) is 0 Å². The molecule has 4 nitrogen and oxygen atoms in total. The summed E-state index contributed by atoms with van der Waals surface area (Å²) in [6.07, 6.45) is -1.17. The number of piperidine rings is 1. The second-order valence-corrected chi connectivity index (χ2v) is 4.81. The maximum atomic E-state index is 12.5. The summed E-state index contributed by atoms with van der Waals surface area (Å²) < 4.78 is 37.6. The molecule has 2 aliphatic heterocycles. The molecule has 0 aromatic heterocycles. The Kier molecular flexibility index (Phi) is 4.14. The van der Waals surface area contributed by atoms with E-state index in [1.165, 1.54) is 6.20 Å². The third-order valence-electron chi connectivity index (χ3n) is 3.31. The first-order valence-electron chi connectivity index (χ1n) is 6.17. The van der Waals surface area contributed by atoms with Gasteiger partial charge < -0.3 is 10.2 Å². The van der Waals surface area contributed by atoms with Crippen LogP contribution in [0.5, 0.6) is 0 Å². The lowest BCUT2D eigenvalue weighted by atomic mass is 10.1. The molecule has 1 fully saturated rings. The highest BCUT2D eigenvalue weighted by Gasteiger charge is 2.36. The molecule has 2 heterocycles. The minimum atomic E-state index is -4.25. The average molecular weight is 264 g/mol. The maximum absolute atomic E-state index is 12.5. The third kappa shape index (κ3) is 3.37. The average Bonchev–Trinajstić information content (AvgIpc) is 2.32. The van der Waals surface area contributed by atoms with E-state index in [-0.39, 0.29) is 12.8 Å². The Morgan fingerprint density at radius 2 is 2.22 bits per heavy atom. The lowest BCUT2D eigenvalue weighted by Gasteiger charge is -2.37. The predicted molar refractivity (Wildman–Crippen MR) is 62.7 cm³/mol. The molecule has 0 spiro atoms. The summed E-state index contributed by atoms with van der Waals surface area (Å²) in [6, 6.07) is 0.305. The molecule has 104 valence electrons. The van der Waals surface area contributed by atoms with Crippen LogP contribution in [0.25, 0.3) is 0 Å². The molecule has 2 aliphatic rings. The number of nitrogens with one attached hydrogen (secondary N) is 3. The van der Waals surface area contributed by atoms with Crippen LogP contribution < -0.4 is 16.0 Å². The van der Waals surface area contributed by atoms with E-state index in [9.17, 15) is 13.2 Å². The van der Waals surface area contributed by atoms with Crippen molar-refractivity contribution < 1.29 is 13.2 Å². The van der Waals surface area contributed by atoms with Crippen LogP contribution in [0.15, 0.2) is 11.8 Å². The van der Waals surface area contributed by atoms with Crippen molar-refractivity contribution in [2.45, 2.75) is 31.3 Å². The fourth-order valence-corrected chi connectivity index (χ4v) is 2.28. The highest BCUT2D eigenvalue weighted by atomic mass is 19.4. The summed E-state index contributed by atoms with van der Waals surface area (Å²) >= 11 is 0. The smallest absolute Gasteiger partial charge is 0.353 e. The van der Waals surface area contributed by atoms with E-state index >= 15 is 0 Å². The first-order chi connectivity index (χ1) is 8.47. The monoisotopic (exact) mass is 264 g/mol. The molecule has 0 radical (unpaired) electrons. The maximum Gasteiger partial charge on any atom is 0.415 e. The SMILES string of the molecule is CN1C=C(C(F)(F)F)CNC1NC1CCCNC1. The zero-order valence-corrected chi connectivity index (χ0v) is 10.3. The molecule has 0 aromatic carbocycles. The van der Waals surface area contributed by atoms with E-state index < -0.39 is 11.7 Å². The number of hydrogen-bond acceptors (Lipinski definition) is 4. The molecule has 0 bridgehead atoms. The Bertz CT molecular complexity index is 310. The molecule has 2 atom stereocenters. The van der Waals surface area contributed by atoms with Gasteiger partial charge in [-0.2, -0.15) is 13.2 Å². The van der Waals surface area contributed by atoms with Gasteiger partial charge in [0, 0.05) is 32.4 Å². The van der Waals surface area contributed by atoms with E-state index in [4.69, 9.17) is 0 Å². The van der Waals surface area contributed by atoms with Gasteiger partial charge in [-0.25, -0.2) is 0 Å². The number of halogens is 3. The van der Waals surface area contributed by atoms with E-state index in [1.54, 1.807) is 11.9 Å². The Balaban J connectivity index is 1.91. The standard InChI is InChI=1S/C11H19F3N4/c1-18-7-8(11(12,13)14)5-16-10(18)17-9-3-2-4-15-6-9/h7,9-10,15-17H,2-6H2,1H3. The Hall–Kier alpha value is -0.790. The second kappa shape index (κ2) is 5.46. The van der Waals surface area contributed by atoms with Gasteiger partial charge in [0.25, 0.3) is 0 Å². The summed E-state index contributed by atoms with van der Waals surface area (Å²) in [5, 5.41) is 9.46. The van der Waals surface area contributed by atoms with Crippen molar-refractivity contribution in [3.8, 4) is 0 Å². The minimum Gasteiger partial charge on any atom is -0.353 e. The van der Waals surface area contributed by atoms with Crippen LogP contribution in [0.3, 0.4) is 0 Å². The third-order valence-corrected chi connectivity index (χ3v) is 3.31. The lowest BCUT2D eigenvalue weighted by Crippen LogP contribution is -2.60. The summed E-state index contributed by atoms with van der Waals surface area (Å²) in [5.74, 6) is 0. The van der Waals surface area contributed by atoms with Crippen molar-refractivity contribution in [2.24, 2.45) is 0 Å². The molecule has 0 amide bonds. The largest absolute Gasteiger partial charge is 0.415 e. The van der Waals surface area contributed by atoms with Gasteiger partial charge in [-0.3, -0.25) is 10.6 Å². The van der Waals surface area contributed by atoms with Gasteiger partial charge in [0.05, 0.1) is 5.57 Å². The molecule has 18 heavy (non-hydrogen) atoms. The first-order valence-corrected chi connectivity index (χ1v) is 6.17. The van der Waals surface area contributed by atoms with Crippen LogP contribution >= 0.6 is 0 Å². The lowest BCUT2D eigenvalue weighted by molar-refractivity contribution is -0.0968. The molecule has 0 aliphatic carbocycles. The van der Waals surface area contributed by atoms with Gasteiger partial charge in [-0.15, -0.1) is 0 Å². The van der Waals surface area contributed by atoms with E-state index in [2.05, 4.69) is 16.0 Å². The molecular formula is C11H19F3N4. The van der Waals surface area contributed by atoms with Crippen molar-refractivity contribution in [1.82, 2.24) is 20.9 Å². The minimum absolute atomic E-state index is 0.147. The number of alkyl halides is 3. The molecule has 7 heteroatoms. The van der Waals surface area contributed by atoms with Crippen LogP contribution in [-0.4, -0.2) is 50.1 Å². The number of nitrogens with zero attached hydrogens (tertiary/aromatic N) is 1. The fraction of sp³-hybridized carbons (Fsp3) is 0.818. The summed E-state index contributed by atoms with van der Waals surface area (Å²) in [7, 11) is 1.64. The van der Waals surface area contributed by atoms with Crippen LogP contribution in [0.4, 0.5) is 13.2 Å². The van der Waals surface area contributed by atoms with Crippen molar-refractivity contribution in [3.05, 3.63) is 11.8 Å². The number of rotatable bonds is 2. The Morgan fingerprint density at radius 1 is 1.44 bits per heavy atom. The van der Waals surface area contributed by atoms with Crippen LogP contribution in [0, 0.1) is 0 Å². The molecule has 2 rings (SSSR count). The van der Waals surface area contributed by atoms with Crippen LogP contribution in [0.1, 0.15) is 12.8 Å². The zero-order valence-electron chi connectivity index (χ0n) is 10.3. The predicted octanol–water partition coefficient (Wildman–Crippen LogP) is 0.593. The molecule has 3 N–H and O–H groups in total. The van der Waals surface area contributed by atoms with Gasteiger partial charge in [-0.05, 0) is 19.4 Å². The molecule has 2 unspecified atom stereocenters. The van der Waals surface area contributed by atoms with E-state index in [1.807, 2.05) is 0 Å². The van der Waals surface area contributed by atoms with Gasteiger partial charge >= 0.3 is 6.18 Å². The second-order valence-electron chi connectivity index (χ2n) is 4.81. The van der Waals surface area contributed by atoms with Crippen LogP contribution in [0.2, 0.25) is 0 Å². The summed E-state index contributed by atoms with van der Waals surface area (Å²) in [6.45, 7) is 1.73. The quantitative estimate of drug-likeness (QED) is 0.683. The van der Waals surface area contributed by atoms with E-state index in [0.29, 0.717) is 6.04 Å². The molecule has 0 aromatic rings.